The fourth-order valence-corrected chi connectivity index (χ4v) is 3.85. The van der Waals surface area contributed by atoms with Crippen molar-refractivity contribution in [2.75, 3.05) is 6.54 Å². The van der Waals surface area contributed by atoms with Gasteiger partial charge in [0.05, 0.1) is 4.92 Å². The van der Waals surface area contributed by atoms with Crippen LogP contribution in [0.1, 0.15) is 44.6 Å². The molecule has 116 valence electrons. The monoisotopic (exact) mass is 354 g/mol. The van der Waals surface area contributed by atoms with Crippen LogP contribution in [-0.2, 0) is 6.42 Å². The van der Waals surface area contributed by atoms with Gasteiger partial charge in [-0.3, -0.25) is 10.1 Å². The summed E-state index contributed by atoms with van der Waals surface area (Å²) < 4.78 is 0.846. The average Bonchev–Trinajstić information content (AvgIpc) is 2.98. The molecule has 1 aromatic rings. The van der Waals surface area contributed by atoms with Crippen LogP contribution in [0.15, 0.2) is 22.7 Å². The second-order valence-electron chi connectivity index (χ2n) is 5.78. The van der Waals surface area contributed by atoms with Gasteiger partial charge in [-0.1, -0.05) is 41.8 Å². The minimum absolute atomic E-state index is 0.143. The molecule has 5 heteroatoms. The Morgan fingerprint density at radius 3 is 2.71 bits per heavy atom. The van der Waals surface area contributed by atoms with Gasteiger partial charge in [-0.2, -0.15) is 0 Å². The van der Waals surface area contributed by atoms with Crippen molar-refractivity contribution in [1.82, 2.24) is 5.32 Å². The van der Waals surface area contributed by atoms with Crippen molar-refractivity contribution < 1.29 is 4.92 Å². The minimum atomic E-state index is -0.353. The molecule has 0 spiro atoms. The summed E-state index contributed by atoms with van der Waals surface area (Å²) in [5.41, 5.74) is 1.30. The third-order valence-corrected chi connectivity index (χ3v) is 5.15. The van der Waals surface area contributed by atoms with Gasteiger partial charge in [0.25, 0.3) is 5.69 Å². The molecule has 0 radical (unpaired) electrons. The van der Waals surface area contributed by atoms with Crippen molar-refractivity contribution in [1.29, 1.82) is 0 Å². The van der Waals surface area contributed by atoms with Gasteiger partial charge in [0, 0.05) is 22.6 Å². The van der Waals surface area contributed by atoms with E-state index in [1.165, 1.54) is 25.7 Å². The van der Waals surface area contributed by atoms with E-state index >= 15 is 0 Å². The van der Waals surface area contributed by atoms with Crippen LogP contribution >= 0.6 is 15.9 Å². The number of nitro benzene ring substituents is 1. The first-order valence-electron chi connectivity index (χ1n) is 7.78. The SMILES string of the molecule is CCNC(CCc1ccc([N+](=O)[O-])cc1Br)C1CCCC1. The second-order valence-corrected chi connectivity index (χ2v) is 6.63. The number of non-ortho nitro benzene ring substituents is 1. The second kappa shape index (κ2) is 7.90. The third-order valence-electron chi connectivity index (χ3n) is 4.41. The van der Waals surface area contributed by atoms with Gasteiger partial charge in [-0.25, -0.2) is 0 Å². The molecule has 0 bridgehead atoms. The molecular formula is C16H23BrN2O2. The van der Waals surface area contributed by atoms with E-state index in [-0.39, 0.29) is 10.6 Å². The fraction of sp³-hybridized carbons (Fsp3) is 0.625. The van der Waals surface area contributed by atoms with Gasteiger partial charge in [0.1, 0.15) is 0 Å². The molecule has 0 amide bonds. The van der Waals surface area contributed by atoms with Crippen LogP contribution in [0.25, 0.3) is 0 Å². The highest BCUT2D eigenvalue weighted by Crippen LogP contribution is 2.31. The van der Waals surface area contributed by atoms with Crippen LogP contribution in [-0.4, -0.2) is 17.5 Å². The summed E-state index contributed by atoms with van der Waals surface area (Å²) in [5.74, 6) is 0.793. The highest BCUT2D eigenvalue weighted by atomic mass is 79.9. The van der Waals surface area contributed by atoms with Gasteiger partial charge in [-0.05, 0) is 43.7 Å². The Morgan fingerprint density at radius 2 is 2.14 bits per heavy atom. The fourth-order valence-electron chi connectivity index (χ4n) is 3.29. The van der Waals surface area contributed by atoms with E-state index in [0.29, 0.717) is 6.04 Å². The van der Waals surface area contributed by atoms with Crippen molar-refractivity contribution in [2.45, 2.75) is 51.5 Å². The van der Waals surface area contributed by atoms with Crippen LogP contribution in [0.5, 0.6) is 0 Å². The first kappa shape index (κ1) is 16.4. The van der Waals surface area contributed by atoms with Gasteiger partial charge in [-0.15, -0.1) is 0 Å². The normalized spacial score (nSPS) is 17.0. The van der Waals surface area contributed by atoms with Gasteiger partial charge >= 0.3 is 0 Å². The van der Waals surface area contributed by atoms with Crippen molar-refractivity contribution in [3.63, 3.8) is 0 Å². The Balaban J connectivity index is 1.98. The van der Waals surface area contributed by atoms with Crippen LogP contribution in [0, 0.1) is 16.0 Å². The van der Waals surface area contributed by atoms with E-state index in [0.717, 1.165) is 35.3 Å². The number of hydrogen-bond acceptors (Lipinski definition) is 3. The number of rotatable bonds is 7. The first-order chi connectivity index (χ1) is 10.1. The predicted octanol–water partition coefficient (Wildman–Crippen LogP) is 4.46. The highest BCUT2D eigenvalue weighted by molar-refractivity contribution is 9.10. The molecule has 4 nitrogen and oxygen atoms in total. The molecule has 1 fully saturated rings. The smallest absolute Gasteiger partial charge is 0.270 e. The highest BCUT2D eigenvalue weighted by Gasteiger charge is 2.24. The van der Waals surface area contributed by atoms with Crippen molar-refractivity contribution in [3.8, 4) is 0 Å². The molecule has 0 aliphatic heterocycles. The maximum absolute atomic E-state index is 10.8. The van der Waals surface area contributed by atoms with Gasteiger partial charge in [0.2, 0.25) is 0 Å². The van der Waals surface area contributed by atoms with E-state index in [1.54, 1.807) is 12.1 Å². The van der Waals surface area contributed by atoms with Crippen molar-refractivity contribution in [2.24, 2.45) is 5.92 Å². The zero-order valence-corrected chi connectivity index (χ0v) is 14.1. The molecule has 2 rings (SSSR count). The van der Waals surface area contributed by atoms with E-state index in [2.05, 4.69) is 28.2 Å². The standard InChI is InChI=1S/C16H23BrN2O2/c1-2-18-16(13-5-3-4-6-13)10-8-12-7-9-14(19(20)21)11-15(12)17/h7,9,11,13,16,18H,2-6,8,10H2,1H3. The summed E-state index contributed by atoms with van der Waals surface area (Å²) in [4.78, 5) is 10.4. The summed E-state index contributed by atoms with van der Waals surface area (Å²) in [6, 6.07) is 5.64. The van der Waals surface area contributed by atoms with E-state index in [1.807, 2.05) is 6.07 Å². The van der Waals surface area contributed by atoms with Gasteiger partial charge < -0.3 is 5.32 Å². The molecule has 1 aliphatic carbocycles. The van der Waals surface area contributed by atoms with Crippen molar-refractivity contribution in [3.05, 3.63) is 38.3 Å². The Labute approximate surface area is 134 Å². The molecule has 0 aromatic heterocycles. The average molecular weight is 355 g/mol. The summed E-state index contributed by atoms with van der Waals surface area (Å²) in [7, 11) is 0. The first-order valence-corrected chi connectivity index (χ1v) is 8.57. The number of benzene rings is 1. The summed E-state index contributed by atoms with van der Waals surface area (Å²) in [6.07, 6.45) is 7.42. The Hall–Kier alpha value is -0.940. The lowest BCUT2D eigenvalue weighted by Gasteiger charge is -2.24. The number of nitrogens with one attached hydrogen (secondary N) is 1. The minimum Gasteiger partial charge on any atom is -0.314 e. The lowest BCUT2D eigenvalue weighted by molar-refractivity contribution is -0.384. The largest absolute Gasteiger partial charge is 0.314 e. The molecule has 1 aromatic carbocycles. The molecule has 21 heavy (non-hydrogen) atoms. The van der Waals surface area contributed by atoms with E-state index < -0.39 is 0 Å². The quantitative estimate of drug-likeness (QED) is 0.580. The van der Waals surface area contributed by atoms with E-state index in [9.17, 15) is 10.1 Å². The number of halogens is 1. The van der Waals surface area contributed by atoms with Crippen LogP contribution < -0.4 is 5.32 Å². The number of aryl methyl sites for hydroxylation is 1. The molecule has 1 atom stereocenters. The molecule has 1 aliphatic rings. The Morgan fingerprint density at radius 1 is 1.43 bits per heavy atom. The lowest BCUT2D eigenvalue weighted by atomic mass is 9.92. The topological polar surface area (TPSA) is 55.2 Å². The number of hydrogen-bond donors (Lipinski definition) is 1. The number of nitro groups is 1. The van der Waals surface area contributed by atoms with E-state index in [4.69, 9.17) is 0 Å². The van der Waals surface area contributed by atoms with Crippen LogP contribution in [0.2, 0.25) is 0 Å². The molecule has 1 saturated carbocycles. The summed E-state index contributed by atoms with van der Waals surface area (Å²) >= 11 is 3.46. The van der Waals surface area contributed by atoms with Crippen LogP contribution in [0.3, 0.4) is 0 Å². The zero-order valence-electron chi connectivity index (χ0n) is 12.5. The Bertz CT molecular complexity index is 487. The zero-order chi connectivity index (χ0) is 15.2. The maximum atomic E-state index is 10.8. The predicted molar refractivity (Wildman–Crippen MR) is 88.5 cm³/mol. The molecular weight excluding hydrogens is 332 g/mol. The number of nitrogens with zero attached hydrogens (tertiary/aromatic N) is 1. The summed E-state index contributed by atoms with van der Waals surface area (Å²) in [6.45, 7) is 3.16. The molecule has 1 N–H and O–H groups in total. The van der Waals surface area contributed by atoms with Gasteiger partial charge in [0.15, 0.2) is 0 Å². The van der Waals surface area contributed by atoms with Crippen LogP contribution in [0.4, 0.5) is 5.69 Å². The Kier molecular flexibility index (Phi) is 6.18. The maximum Gasteiger partial charge on any atom is 0.270 e. The summed E-state index contributed by atoms with van der Waals surface area (Å²) in [5, 5.41) is 14.4. The molecule has 0 heterocycles. The third kappa shape index (κ3) is 4.51. The molecule has 1 unspecified atom stereocenters. The lowest BCUT2D eigenvalue weighted by Crippen LogP contribution is -2.35. The van der Waals surface area contributed by atoms with Crippen molar-refractivity contribution >= 4 is 21.6 Å². The molecule has 0 saturated heterocycles.